The highest BCUT2D eigenvalue weighted by Gasteiger charge is 2.64. The van der Waals surface area contributed by atoms with Gasteiger partial charge in [-0.3, -0.25) is 19.2 Å². The standard InChI is InChI=1S/C35H56O9/c1-10-23(18(2)3)31(39)32(44-22(7)38)19(4)25-11-12-26-24-17-41-33(40)28-15-29(42-20(5)36)30(43-21(6)37)16-35(28,9)27(24)13-14-34(25,26)8/h18-19,23-32,39H,10-17H2,1-9H3/t19-,23-,24-,25+,26-,27-,28+,29-,30+,31?,32?,34+,35+/m0/s1. The van der Waals surface area contributed by atoms with E-state index in [0.29, 0.717) is 13.0 Å². The van der Waals surface area contributed by atoms with Gasteiger partial charge in [-0.2, -0.15) is 0 Å². The normalized spacial score (nSPS) is 39.3. The first-order valence-electron chi connectivity index (χ1n) is 16.9. The van der Waals surface area contributed by atoms with Crippen molar-refractivity contribution in [2.75, 3.05) is 6.61 Å². The van der Waals surface area contributed by atoms with Crippen LogP contribution in [-0.4, -0.2) is 60.0 Å². The molecule has 3 saturated carbocycles. The molecule has 3 aliphatic carbocycles. The van der Waals surface area contributed by atoms with Crippen LogP contribution in [-0.2, 0) is 38.1 Å². The minimum atomic E-state index is -0.748. The quantitative estimate of drug-likeness (QED) is 0.263. The number of rotatable bonds is 9. The van der Waals surface area contributed by atoms with Crippen LogP contribution < -0.4 is 0 Å². The van der Waals surface area contributed by atoms with Crippen LogP contribution in [0.5, 0.6) is 0 Å². The molecule has 0 spiro atoms. The lowest BCUT2D eigenvalue weighted by Crippen LogP contribution is -2.56. The van der Waals surface area contributed by atoms with Crippen molar-refractivity contribution in [2.45, 2.75) is 132 Å². The minimum absolute atomic E-state index is 0.0213. The fraction of sp³-hybridized carbons (Fsp3) is 0.886. The Labute approximate surface area is 263 Å². The van der Waals surface area contributed by atoms with E-state index in [9.17, 15) is 24.3 Å². The van der Waals surface area contributed by atoms with E-state index in [4.69, 9.17) is 18.9 Å². The van der Waals surface area contributed by atoms with Crippen molar-refractivity contribution in [3.63, 3.8) is 0 Å². The zero-order valence-corrected chi connectivity index (χ0v) is 28.3. The molecule has 1 saturated heterocycles. The second kappa shape index (κ2) is 13.3. The van der Waals surface area contributed by atoms with Gasteiger partial charge in [0.1, 0.15) is 18.3 Å². The highest BCUT2D eigenvalue weighted by atomic mass is 16.6. The molecule has 4 rings (SSSR count). The molecule has 9 heteroatoms. The molecule has 13 atom stereocenters. The molecule has 9 nitrogen and oxygen atoms in total. The Hall–Kier alpha value is -2.16. The van der Waals surface area contributed by atoms with Crippen LogP contribution in [0.25, 0.3) is 0 Å². The van der Waals surface area contributed by atoms with E-state index in [2.05, 4.69) is 41.5 Å². The molecule has 0 aromatic carbocycles. The van der Waals surface area contributed by atoms with Gasteiger partial charge in [-0.25, -0.2) is 0 Å². The molecule has 1 N–H and O–H groups in total. The summed E-state index contributed by atoms with van der Waals surface area (Å²) in [5.41, 5.74) is -0.562. The summed E-state index contributed by atoms with van der Waals surface area (Å²) in [6.07, 6.45) is 2.62. The average molecular weight is 621 g/mol. The molecule has 44 heavy (non-hydrogen) atoms. The first kappa shape index (κ1) is 34.7. The summed E-state index contributed by atoms with van der Waals surface area (Å²) in [5, 5.41) is 11.6. The lowest BCUT2D eigenvalue weighted by atomic mass is 9.48. The number of carbonyl (C=O) groups excluding carboxylic acids is 4. The Morgan fingerprint density at radius 3 is 2.11 bits per heavy atom. The highest BCUT2D eigenvalue weighted by Crippen LogP contribution is 2.66. The van der Waals surface area contributed by atoms with Crippen molar-refractivity contribution in [2.24, 2.45) is 58.2 Å². The maximum atomic E-state index is 13.6. The predicted molar refractivity (Wildman–Crippen MR) is 163 cm³/mol. The first-order valence-corrected chi connectivity index (χ1v) is 16.9. The Balaban J connectivity index is 1.63. The zero-order valence-electron chi connectivity index (χ0n) is 28.3. The largest absolute Gasteiger partial charge is 0.465 e. The van der Waals surface area contributed by atoms with E-state index < -0.39 is 47.7 Å². The summed E-state index contributed by atoms with van der Waals surface area (Å²) in [6, 6.07) is 0. The molecular formula is C35H56O9. The van der Waals surface area contributed by atoms with E-state index in [1.165, 1.54) is 20.8 Å². The number of hydrogen-bond acceptors (Lipinski definition) is 9. The Bertz CT molecular complexity index is 1090. The van der Waals surface area contributed by atoms with Crippen LogP contribution in [0.15, 0.2) is 0 Å². The number of hydrogen-bond donors (Lipinski definition) is 1. The summed E-state index contributed by atoms with van der Waals surface area (Å²) >= 11 is 0. The third-order valence-corrected chi connectivity index (χ3v) is 12.6. The molecule has 1 heterocycles. The van der Waals surface area contributed by atoms with Gasteiger partial charge in [-0.15, -0.1) is 0 Å². The van der Waals surface area contributed by atoms with Gasteiger partial charge in [0, 0.05) is 27.2 Å². The van der Waals surface area contributed by atoms with Gasteiger partial charge in [0.05, 0.1) is 18.6 Å². The van der Waals surface area contributed by atoms with Crippen molar-refractivity contribution >= 4 is 23.9 Å². The van der Waals surface area contributed by atoms with E-state index in [0.717, 1.165) is 32.1 Å². The van der Waals surface area contributed by atoms with Gasteiger partial charge in [0.2, 0.25) is 0 Å². The highest BCUT2D eigenvalue weighted by molar-refractivity contribution is 5.75. The number of esters is 4. The summed E-state index contributed by atoms with van der Waals surface area (Å²) in [6.45, 7) is 17.4. The van der Waals surface area contributed by atoms with Gasteiger partial charge in [0.25, 0.3) is 0 Å². The van der Waals surface area contributed by atoms with E-state index in [1.54, 1.807) is 0 Å². The predicted octanol–water partition coefficient (Wildman–Crippen LogP) is 5.49. The van der Waals surface area contributed by atoms with E-state index in [1.807, 2.05) is 0 Å². The topological polar surface area (TPSA) is 125 Å². The van der Waals surface area contributed by atoms with Crippen LogP contribution in [0, 0.1) is 58.2 Å². The molecule has 4 aliphatic rings. The Morgan fingerprint density at radius 2 is 1.55 bits per heavy atom. The SMILES string of the molecule is CC[C@@H](C(C)C)C(O)C(OC(C)=O)[C@@H](C)[C@H]1CC[C@H]2[C@@H]3COC(=O)[C@H]4C[C@H](OC(C)=O)[C@H](OC(C)=O)C[C@]4(C)[C@H]3CC[C@]12C. The summed E-state index contributed by atoms with van der Waals surface area (Å²) in [4.78, 5) is 49.9. The van der Waals surface area contributed by atoms with Crippen LogP contribution in [0.1, 0.15) is 107 Å². The van der Waals surface area contributed by atoms with Crippen molar-refractivity contribution in [3.05, 3.63) is 0 Å². The van der Waals surface area contributed by atoms with Gasteiger partial charge in [-0.05, 0) is 84.4 Å². The molecule has 4 fully saturated rings. The number of fused-ring (bicyclic) bond motifs is 5. The Morgan fingerprint density at radius 1 is 0.932 bits per heavy atom. The van der Waals surface area contributed by atoms with Crippen LogP contribution >= 0.6 is 0 Å². The zero-order chi connectivity index (χ0) is 32.7. The molecule has 2 unspecified atom stereocenters. The third-order valence-electron chi connectivity index (χ3n) is 12.6. The van der Waals surface area contributed by atoms with Gasteiger partial charge in [0.15, 0.2) is 0 Å². The average Bonchev–Trinajstić information content (AvgIpc) is 3.22. The third kappa shape index (κ3) is 6.41. The monoisotopic (exact) mass is 620 g/mol. The summed E-state index contributed by atoms with van der Waals surface area (Å²) in [5.74, 6) is -0.942. The van der Waals surface area contributed by atoms with Crippen LogP contribution in [0.4, 0.5) is 0 Å². The minimum Gasteiger partial charge on any atom is -0.465 e. The molecule has 0 amide bonds. The number of cyclic esters (lactones) is 1. The van der Waals surface area contributed by atoms with Crippen molar-refractivity contribution in [3.8, 4) is 0 Å². The van der Waals surface area contributed by atoms with E-state index >= 15 is 0 Å². The van der Waals surface area contributed by atoms with Crippen molar-refractivity contribution in [1.82, 2.24) is 0 Å². The van der Waals surface area contributed by atoms with Crippen LogP contribution in [0.3, 0.4) is 0 Å². The molecule has 250 valence electrons. The fourth-order valence-corrected chi connectivity index (χ4v) is 10.6. The van der Waals surface area contributed by atoms with Crippen molar-refractivity contribution < 1.29 is 43.2 Å². The number of carbonyl (C=O) groups is 4. The van der Waals surface area contributed by atoms with E-state index in [-0.39, 0.29) is 65.2 Å². The van der Waals surface area contributed by atoms with Crippen molar-refractivity contribution in [1.29, 1.82) is 0 Å². The van der Waals surface area contributed by atoms with Gasteiger partial charge >= 0.3 is 23.9 Å². The lowest BCUT2D eigenvalue weighted by Gasteiger charge is -2.56. The smallest absolute Gasteiger partial charge is 0.309 e. The maximum Gasteiger partial charge on any atom is 0.309 e. The molecule has 0 bridgehead atoms. The molecule has 0 radical (unpaired) electrons. The second-order valence-electron chi connectivity index (χ2n) is 15.3. The molecular weight excluding hydrogens is 564 g/mol. The molecule has 0 aromatic rings. The summed E-state index contributed by atoms with van der Waals surface area (Å²) in [7, 11) is 0. The summed E-state index contributed by atoms with van der Waals surface area (Å²) < 4.78 is 23.3. The number of aliphatic hydroxyl groups excluding tert-OH is 1. The van der Waals surface area contributed by atoms with Gasteiger partial charge < -0.3 is 24.1 Å². The Kier molecular flexibility index (Phi) is 10.5. The molecule has 0 aromatic heterocycles. The molecule has 1 aliphatic heterocycles. The lowest BCUT2D eigenvalue weighted by molar-refractivity contribution is -0.188. The maximum absolute atomic E-state index is 13.6. The first-order chi connectivity index (χ1) is 20.5. The van der Waals surface area contributed by atoms with Gasteiger partial charge in [-0.1, -0.05) is 48.0 Å². The van der Waals surface area contributed by atoms with Crippen LogP contribution in [0.2, 0.25) is 0 Å². The number of aliphatic hydroxyl groups is 1. The second-order valence-corrected chi connectivity index (χ2v) is 15.3. The number of ether oxygens (including phenoxy) is 4. The fourth-order valence-electron chi connectivity index (χ4n) is 10.6.